The van der Waals surface area contributed by atoms with E-state index in [2.05, 4.69) is 12.2 Å². The van der Waals surface area contributed by atoms with Crippen LogP contribution in [0.15, 0.2) is 30.4 Å². The summed E-state index contributed by atoms with van der Waals surface area (Å²) in [4.78, 5) is 26.9. The Labute approximate surface area is 132 Å². The highest BCUT2D eigenvalue weighted by Gasteiger charge is 2.67. The molecule has 6 atom stereocenters. The molecule has 3 fully saturated rings. The van der Waals surface area contributed by atoms with Crippen molar-refractivity contribution in [3.63, 3.8) is 0 Å². The first-order chi connectivity index (χ1) is 10.6. The SMILES string of the molecule is O=C1C2C3C=CC(C4CC34)C2C(=O)N1c1ccc(Cl)cc1O. The summed E-state index contributed by atoms with van der Waals surface area (Å²) in [6.45, 7) is 0. The molecule has 1 N–H and O–H groups in total. The third-order valence-corrected chi connectivity index (χ3v) is 6.08. The van der Waals surface area contributed by atoms with Crippen LogP contribution < -0.4 is 4.90 Å². The first-order valence-corrected chi connectivity index (χ1v) is 8.00. The Morgan fingerprint density at radius 3 is 2.18 bits per heavy atom. The average Bonchev–Trinajstić information content (AvgIpc) is 3.26. The molecule has 4 nitrogen and oxygen atoms in total. The van der Waals surface area contributed by atoms with Gasteiger partial charge in [-0.05, 0) is 42.2 Å². The quantitative estimate of drug-likeness (QED) is 0.640. The normalized spacial score (nSPS) is 40.9. The molecule has 1 saturated heterocycles. The Hall–Kier alpha value is -1.81. The summed E-state index contributed by atoms with van der Waals surface area (Å²) in [6, 6.07) is 4.49. The smallest absolute Gasteiger partial charge is 0.238 e. The second kappa shape index (κ2) is 3.93. The van der Waals surface area contributed by atoms with Crippen LogP contribution in [-0.2, 0) is 9.59 Å². The molecule has 6 rings (SSSR count). The number of hydrogen-bond acceptors (Lipinski definition) is 3. The topological polar surface area (TPSA) is 57.6 Å². The first-order valence-electron chi connectivity index (χ1n) is 7.62. The van der Waals surface area contributed by atoms with E-state index in [0.29, 0.717) is 16.9 Å². The summed E-state index contributed by atoms with van der Waals surface area (Å²) in [6.07, 6.45) is 5.41. The van der Waals surface area contributed by atoms with E-state index in [1.807, 2.05) is 0 Å². The lowest BCUT2D eigenvalue weighted by molar-refractivity contribution is -0.124. The van der Waals surface area contributed by atoms with Gasteiger partial charge in [0.1, 0.15) is 5.75 Å². The number of aromatic hydroxyl groups is 1. The molecular weight excluding hydrogens is 302 g/mol. The molecular formula is C17H14ClNO3. The highest BCUT2D eigenvalue weighted by molar-refractivity contribution is 6.31. The zero-order valence-electron chi connectivity index (χ0n) is 11.6. The zero-order valence-corrected chi connectivity index (χ0v) is 12.4. The van der Waals surface area contributed by atoms with Gasteiger partial charge in [0.2, 0.25) is 11.8 Å². The van der Waals surface area contributed by atoms with Gasteiger partial charge in [-0.25, -0.2) is 4.90 Å². The Morgan fingerprint density at radius 2 is 1.64 bits per heavy atom. The standard InChI is InChI=1S/C17H14ClNO3/c18-7-1-4-12(13(20)5-7)19-16(21)14-8-2-3-9(11-6-10(8)11)15(14)17(19)22/h1-5,8-11,14-15,20H,6H2. The molecule has 22 heavy (non-hydrogen) atoms. The number of rotatable bonds is 1. The highest BCUT2D eigenvalue weighted by Crippen LogP contribution is 2.65. The van der Waals surface area contributed by atoms with Gasteiger partial charge in [-0.3, -0.25) is 9.59 Å². The van der Waals surface area contributed by atoms with E-state index in [0.717, 1.165) is 6.42 Å². The number of hydrogen-bond donors (Lipinski definition) is 1. The maximum atomic E-state index is 12.9. The van der Waals surface area contributed by atoms with Crippen LogP contribution >= 0.6 is 11.6 Å². The van der Waals surface area contributed by atoms with Crippen molar-refractivity contribution in [3.8, 4) is 5.75 Å². The van der Waals surface area contributed by atoms with E-state index in [9.17, 15) is 14.7 Å². The van der Waals surface area contributed by atoms with E-state index in [1.54, 1.807) is 12.1 Å². The number of nitrogens with zero attached hydrogens (tertiary/aromatic N) is 1. The maximum absolute atomic E-state index is 12.9. The molecule has 2 bridgehead atoms. The molecule has 1 aliphatic heterocycles. The lowest BCUT2D eigenvalue weighted by Gasteiger charge is -2.37. The van der Waals surface area contributed by atoms with E-state index < -0.39 is 0 Å². The molecule has 1 aromatic carbocycles. The molecule has 1 heterocycles. The van der Waals surface area contributed by atoms with E-state index in [1.165, 1.54) is 11.0 Å². The summed E-state index contributed by atoms with van der Waals surface area (Å²) in [5, 5.41) is 10.5. The highest BCUT2D eigenvalue weighted by atomic mass is 35.5. The number of imide groups is 1. The number of halogens is 1. The second-order valence-corrected chi connectivity index (χ2v) is 7.24. The monoisotopic (exact) mass is 315 g/mol. The van der Waals surface area contributed by atoms with Crippen molar-refractivity contribution in [3.05, 3.63) is 35.4 Å². The van der Waals surface area contributed by atoms with Crippen molar-refractivity contribution in [2.75, 3.05) is 4.90 Å². The second-order valence-electron chi connectivity index (χ2n) is 6.80. The van der Waals surface area contributed by atoms with Crippen LogP contribution in [0, 0.1) is 35.5 Å². The zero-order chi connectivity index (χ0) is 15.2. The van der Waals surface area contributed by atoms with E-state index >= 15 is 0 Å². The molecule has 1 aromatic rings. The molecule has 0 spiro atoms. The number of carbonyl (C=O) groups is 2. The van der Waals surface area contributed by atoms with Crippen LogP contribution in [0.3, 0.4) is 0 Å². The van der Waals surface area contributed by atoms with Crippen LogP contribution in [0.25, 0.3) is 0 Å². The summed E-state index contributed by atoms with van der Waals surface area (Å²) >= 11 is 5.84. The van der Waals surface area contributed by atoms with Gasteiger partial charge in [0.25, 0.3) is 0 Å². The van der Waals surface area contributed by atoms with Gasteiger partial charge < -0.3 is 5.11 Å². The number of phenolic OH excluding ortho intramolecular Hbond substituents is 1. The minimum Gasteiger partial charge on any atom is -0.506 e. The summed E-state index contributed by atoms with van der Waals surface area (Å²) in [5.41, 5.74) is 0.252. The Bertz CT molecular complexity index is 722. The fraction of sp³-hybridized carbons (Fsp3) is 0.412. The largest absolute Gasteiger partial charge is 0.506 e. The van der Waals surface area contributed by atoms with Gasteiger partial charge in [-0.15, -0.1) is 0 Å². The van der Waals surface area contributed by atoms with E-state index in [4.69, 9.17) is 11.6 Å². The number of anilines is 1. The predicted molar refractivity (Wildman–Crippen MR) is 80.3 cm³/mol. The Kier molecular flexibility index (Phi) is 2.27. The number of benzene rings is 1. The predicted octanol–water partition coefficient (Wildman–Crippen LogP) is 2.60. The third-order valence-electron chi connectivity index (χ3n) is 5.84. The average molecular weight is 316 g/mol. The van der Waals surface area contributed by atoms with Crippen LogP contribution in [0.1, 0.15) is 6.42 Å². The molecule has 2 saturated carbocycles. The lowest BCUT2D eigenvalue weighted by Crippen LogP contribution is -2.40. The number of phenols is 1. The molecule has 0 radical (unpaired) electrons. The van der Waals surface area contributed by atoms with Gasteiger partial charge in [-0.2, -0.15) is 0 Å². The minimum absolute atomic E-state index is 0.127. The van der Waals surface area contributed by atoms with Gasteiger partial charge in [0, 0.05) is 11.1 Å². The van der Waals surface area contributed by atoms with Crippen molar-refractivity contribution < 1.29 is 14.7 Å². The molecule has 0 aromatic heterocycles. The molecule has 5 aliphatic rings. The van der Waals surface area contributed by atoms with Crippen molar-refractivity contribution >= 4 is 29.1 Å². The lowest BCUT2D eigenvalue weighted by atomic mass is 9.63. The first kappa shape index (κ1) is 12.7. The van der Waals surface area contributed by atoms with Crippen LogP contribution in [0.2, 0.25) is 5.02 Å². The fourth-order valence-electron chi connectivity index (χ4n) is 4.88. The van der Waals surface area contributed by atoms with Gasteiger partial charge in [0.15, 0.2) is 0 Å². The molecule has 4 aliphatic carbocycles. The molecule has 2 amide bonds. The van der Waals surface area contributed by atoms with Crippen LogP contribution in [0.4, 0.5) is 5.69 Å². The van der Waals surface area contributed by atoms with Crippen LogP contribution in [0.5, 0.6) is 5.75 Å². The van der Waals surface area contributed by atoms with Crippen molar-refractivity contribution in [2.45, 2.75) is 6.42 Å². The van der Waals surface area contributed by atoms with E-state index in [-0.39, 0.29) is 46.9 Å². The molecule has 6 unspecified atom stereocenters. The Balaban J connectivity index is 1.60. The minimum atomic E-state index is -0.249. The van der Waals surface area contributed by atoms with Crippen molar-refractivity contribution in [2.24, 2.45) is 35.5 Å². The van der Waals surface area contributed by atoms with Gasteiger partial charge >= 0.3 is 0 Å². The van der Waals surface area contributed by atoms with Gasteiger partial charge in [-0.1, -0.05) is 23.8 Å². The summed E-state index contributed by atoms with van der Waals surface area (Å²) in [5.74, 6) is 0.570. The Morgan fingerprint density at radius 1 is 1.05 bits per heavy atom. The number of amides is 2. The van der Waals surface area contributed by atoms with Crippen molar-refractivity contribution in [1.82, 2.24) is 0 Å². The third kappa shape index (κ3) is 1.39. The molecule has 5 heteroatoms. The molecule has 112 valence electrons. The summed E-state index contributed by atoms with van der Waals surface area (Å²) < 4.78 is 0. The maximum Gasteiger partial charge on any atom is 0.238 e. The van der Waals surface area contributed by atoms with Crippen LogP contribution in [-0.4, -0.2) is 16.9 Å². The van der Waals surface area contributed by atoms with Crippen molar-refractivity contribution in [1.29, 1.82) is 0 Å². The number of allylic oxidation sites excluding steroid dienone is 2. The fourth-order valence-corrected chi connectivity index (χ4v) is 5.05. The summed E-state index contributed by atoms with van der Waals surface area (Å²) in [7, 11) is 0. The number of carbonyl (C=O) groups excluding carboxylic acids is 2. The van der Waals surface area contributed by atoms with Gasteiger partial charge in [0.05, 0.1) is 17.5 Å².